The number of nitrogens with one attached hydrogen (secondary N) is 1. The molecule has 4 rings (SSSR count). The molecule has 1 aliphatic rings. The number of benzene rings is 3. The number of para-hydroxylation sites is 2. The van der Waals surface area contributed by atoms with Gasteiger partial charge in [-0.25, -0.2) is 8.42 Å². The molecule has 9 heteroatoms. The summed E-state index contributed by atoms with van der Waals surface area (Å²) < 4.78 is 39.4. The molecule has 1 aliphatic heterocycles. The zero-order chi connectivity index (χ0) is 24.1. The number of carbonyl (C=O) groups excluding carboxylic acids is 1. The lowest BCUT2D eigenvalue weighted by Crippen LogP contribution is -2.51. The maximum Gasteiger partial charge on any atom is 0.264 e. The van der Waals surface area contributed by atoms with Crippen LogP contribution in [0.4, 0.5) is 5.69 Å². The van der Waals surface area contributed by atoms with Crippen LogP contribution in [-0.4, -0.2) is 40.1 Å². The summed E-state index contributed by atoms with van der Waals surface area (Å²) in [6.45, 7) is 2.44. The molecular weight excluding hydrogens is 476 g/mol. The minimum absolute atomic E-state index is 0.0789. The number of hydrogen-bond donors (Lipinski definition) is 1. The zero-order valence-corrected chi connectivity index (χ0v) is 20.2. The molecule has 1 atom stereocenters. The normalized spacial score (nSPS) is 15.2. The Labute approximate surface area is 204 Å². The van der Waals surface area contributed by atoms with E-state index in [1.165, 1.54) is 34.1 Å². The number of anilines is 1. The molecule has 1 N–H and O–H groups in total. The van der Waals surface area contributed by atoms with E-state index in [9.17, 15) is 13.2 Å². The van der Waals surface area contributed by atoms with Crippen molar-refractivity contribution in [3.8, 4) is 11.5 Å². The first-order valence-electron chi connectivity index (χ1n) is 10.9. The van der Waals surface area contributed by atoms with Gasteiger partial charge in [0.2, 0.25) is 0 Å². The highest BCUT2D eigenvalue weighted by Crippen LogP contribution is 2.36. The molecule has 0 fully saturated rings. The highest BCUT2D eigenvalue weighted by molar-refractivity contribution is 7.92. The second-order valence-electron chi connectivity index (χ2n) is 7.70. The van der Waals surface area contributed by atoms with E-state index in [4.69, 9.17) is 21.1 Å². The number of nitrogens with zero attached hydrogens (tertiary/aromatic N) is 1. The van der Waals surface area contributed by atoms with Gasteiger partial charge in [-0.05, 0) is 60.5 Å². The Bertz CT molecular complexity index is 1250. The van der Waals surface area contributed by atoms with Gasteiger partial charge < -0.3 is 14.8 Å². The van der Waals surface area contributed by atoms with Crippen LogP contribution in [0.15, 0.2) is 77.7 Å². The number of rotatable bonds is 8. The summed E-state index contributed by atoms with van der Waals surface area (Å²) in [6, 6.07) is 20.4. The smallest absolute Gasteiger partial charge is 0.264 e. The number of fused-ring (bicyclic) bond motifs is 1. The third-order valence-electron chi connectivity index (χ3n) is 5.43. The van der Waals surface area contributed by atoms with E-state index in [-0.39, 0.29) is 24.6 Å². The monoisotopic (exact) mass is 500 g/mol. The number of halogens is 1. The largest absolute Gasteiger partial charge is 0.492 e. The predicted molar refractivity (Wildman–Crippen MR) is 131 cm³/mol. The Balaban J connectivity index is 1.43. The molecule has 0 unspecified atom stereocenters. The summed E-state index contributed by atoms with van der Waals surface area (Å²) in [5.41, 5.74) is 1.59. The molecule has 3 aromatic carbocycles. The molecule has 0 bridgehead atoms. The van der Waals surface area contributed by atoms with Crippen LogP contribution in [0.2, 0.25) is 5.02 Å². The van der Waals surface area contributed by atoms with Crippen molar-refractivity contribution in [3.63, 3.8) is 0 Å². The number of ether oxygens (including phenoxy) is 2. The second-order valence-corrected chi connectivity index (χ2v) is 10.0. The fraction of sp³-hybridized carbons (Fsp3) is 0.240. The van der Waals surface area contributed by atoms with Crippen LogP contribution in [-0.2, 0) is 21.2 Å². The van der Waals surface area contributed by atoms with Crippen LogP contribution in [0, 0.1) is 0 Å². The SMILES string of the molecule is CCc1ccc(OCCNC(=O)[C@H]2CN(S(=O)(=O)c3ccc(Cl)cc3)c3ccccc3O2)cc1. The van der Waals surface area contributed by atoms with Gasteiger partial charge in [-0.2, -0.15) is 0 Å². The summed E-state index contributed by atoms with van der Waals surface area (Å²) >= 11 is 5.91. The van der Waals surface area contributed by atoms with Gasteiger partial charge in [0.05, 0.1) is 23.7 Å². The molecule has 0 saturated heterocycles. The van der Waals surface area contributed by atoms with E-state index in [1.807, 2.05) is 24.3 Å². The average Bonchev–Trinajstić information content (AvgIpc) is 2.86. The van der Waals surface area contributed by atoms with E-state index in [2.05, 4.69) is 12.2 Å². The molecular formula is C25H25ClN2O5S. The van der Waals surface area contributed by atoms with Crippen molar-refractivity contribution in [2.45, 2.75) is 24.3 Å². The maximum atomic E-state index is 13.4. The third kappa shape index (κ3) is 5.29. The van der Waals surface area contributed by atoms with Crippen molar-refractivity contribution < 1.29 is 22.7 Å². The first-order valence-corrected chi connectivity index (χ1v) is 12.7. The number of carbonyl (C=O) groups is 1. The topological polar surface area (TPSA) is 84.9 Å². The molecule has 0 spiro atoms. The number of sulfonamides is 1. The van der Waals surface area contributed by atoms with Crippen LogP contribution >= 0.6 is 11.6 Å². The van der Waals surface area contributed by atoms with Gasteiger partial charge in [-0.1, -0.05) is 42.8 Å². The quantitative estimate of drug-likeness (QED) is 0.471. The Morgan fingerprint density at radius 1 is 1.09 bits per heavy atom. The first kappa shape index (κ1) is 23.9. The van der Waals surface area contributed by atoms with E-state index in [0.29, 0.717) is 16.5 Å². The van der Waals surface area contributed by atoms with E-state index in [1.54, 1.807) is 24.3 Å². The van der Waals surface area contributed by atoms with Crippen LogP contribution in [0.3, 0.4) is 0 Å². The number of amides is 1. The standard InChI is InChI=1S/C25H25ClN2O5S/c1-2-18-7-11-20(12-8-18)32-16-15-27-25(29)24-17-28(22-5-3-4-6-23(22)33-24)34(30,31)21-13-9-19(26)10-14-21/h3-14,24H,2,15-17H2,1H3,(H,27,29)/t24-/m1/s1. The minimum atomic E-state index is -3.94. The molecule has 7 nitrogen and oxygen atoms in total. The van der Waals surface area contributed by atoms with Gasteiger partial charge in [-0.15, -0.1) is 0 Å². The first-order chi connectivity index (χ1) is 16.4. The van der Waals surface area contributed by atoms with Gasteiger partial charge in [-0.3, -0.25) is 9.10 Å². The average molecular weight is 501 g/mol. The number of hydrogen-bond acceptors (Lipinski definition) is 5. The third-order valence-corrected chi connectivity index (χ3v) is 7.48. The highest BCUT2D eigenvalue weighted by Gasteiger charge is 2.37. The Kier molecular flexibility index (Phi) is 7.29. The molecule has 3 aromatic rings. The van der Waals surface area contributed by atoms with E-state index in [0.717, 1.165) is 12.2 Å². The van der Waals surface area contributed by atoms with Gasteiger partial charge in [0.15, 0.2) is 6.10 Å². The van der Waals surface area contributed by atoms with Crippen molar-refractivity contribution in [3.05, 3.63) is 83.4 Å². The lowest BCUT2D eigenvalue weighted by atomic mass is 10.2. The molecule has 0 aromatic heterocycles. The van der Waals surface area contributed by atoms with Crippen molar-refractivity contribution in [2.24, 2.45) is 0 Å². The molecule has 178 valence electrons. The Morgan fingerprint density at radius 3 is 2.50 bits per heavy atom. The van der Waals surface area contributed by atoms with Gasteiger partial charge in [0.1, 0.15) is 18.1 Å². The lowest BCUT2D eigenvalue weighted by Gasteiger charge is -2.34. The van der Waals surface area contributed by atoms with E-state index < -0.39 is 22.0 Å². The molecule has 1 amide bonds. The van der Waals surface area contributed by atoms with Crippen LogP contribution in [0.25, 0.3) is 0 Å². The summed E-state index contributed by atoms with van der Waals surface area (Å²) in [5, 5.41) is 3.20. The molecule has 34 heavy (non-hydrogen) atoms. The van der Waals surface area contributed by atoms with Crippen molar-refractivity contribution in [2.75, 3.05) is 24.0 Å². The van der Waals surface area contributed by atoms with Crippen molar-refractivity contribution in [1.29, 1.82) is 0 Å². The molecule has 1 heterocycles. The van der Waals surface area contributed by atoms with Gasteiger partial charge >= 0.3 is 0 Å². The second kappa shape index (κ2) is 10.4. The van der Waals surface area contributed by atoms with Gasteiger partial charge in [0.25, 0.3) is 15.9 Å². The Hall–Kier alpha value is -3.23. The fourth-order valence-electron chi connectivity index (χ4n) is 3.58. The molecule has 0 aliphatic carbocycles. The lowest BCUT2D eigenvalue weighted by molar-refractivity contribution is -0.127. The molecule has 0 radical (unpaired) electrons. The highest BCUT2D eigenvalue weighted by atomic mass is 35.5. The number of aryl methyl sites for hydroxylation is 1. The van der Waals surface area contributed by atoms with Crippen molar-refractivity contribution in [1.82, 2.24) is 5.32 Å². The van der Waals surface area contributed by atoms with Crippen LogP contribution in [0.1, 0.15) is 12.5 Å². The molecule has 0 saturated carbocycles. The Morgan fingerprint density at radius 2 is 1.79 bits per heavy atom. The summed E-state index contributed by atoms with van der Waals surface area (Å²) in [6.07, 6.45) is -0.0631. The van der Waals surface area contributed by atoms with Gasteiger partial charge in [0, 0.05) is 5.02 Å². The minimum Gasteiger partial charge on any atom is -0.492 e. The summed E-state index contributed by atoms with van der Waals surface area (Å²) in [5.74, 6) is 0.615. The van der Waals surface area contributed by atoms with Crippen molar-refractivity contribution >= 4 is 33.2 Å². The predicted octanol–water partition coefficient (Wildman–Crippen LogP) is 4.05. The maximum absolute atomic E-state index is 13.4. The fourth-order valence-corrected chi connectivity index (χ4v) is 5.18. The zero-order valence-electron chi connectivity index (χ0n) is 18.6. The van der Waals surface area contributed by atoms with Crippen LogP contribution < -0.4 is 19.1 Å². The summed E-state index contributed by atoms with van der Waals surface area (Å²) in [7, 11) is -3.94. The van der Waals surface area contributed by atoms with Crippen LogP contribution in [0.5, 0.6) is 11.5 Å². The van der Waals surface area contributed by atoms with E-state index >= 15 is 0 Å². The summed E-state index contributed by atoms with van der Waals surface area (Å²) in [4.78, 5) is 12.9.